The topological polar surface area (TPSA) is 70.1 Å². The lowest BCUT2D eigenvalue weighted by molar-refractivity contribution is 0.804. The molecule has 0 bridgehead atoms. The van der Waals surface area contributed by atoms with Crippen molar-refractivity contribution in [2.24, 2.45) is 4.99 Å². The molecule has 10 heavy (non-hydrogen) atoms. The first-order chi connectivity index (χ1) is 4.97. The van der Waals surface area contributed by atoms with Crippen LogP contribution >= 0.6 is 0 Å². The lowest BCUT2D eigenvalue weighted by Gasteiger charge is -1.92. The van der Waals surface area contributed by atoms with Gasteiger partial charge in [0.1, 0.15) is 6.33 Å². The molecule has 1 aromatic heterocycles. The molecule has 0 unspecified atom stereocenters. The summed E-state index contributed by atoms with van der Waals surface area (Å²) in [7, 11) is 0. The molecule has 0 atom stereocenters. The normalized spacial score (nSPS) is 15.0. The zero-order chi connectivity index (χ0) is 6.81. The number of nitrogens with zero attached hydrogens (tertiary/aromatic N) is 6. The highest BCUT2D eigenvalue weighted by atomic mass is 15.6. The molecule has 6 heteroatoms. The summed E-state index contributed by atoms with van der Waals surface area (Å²) >= 11 is 0. The Bertz CT molecular complexity index is 270. The Balaban J connectivity index is 2.30. The van der Waals surface area contributed by atoms with Gasteiger partial charge in [-0.2, -0.15) is 4.68 Å². The summed E-state index contributed by atoms with van der Waals surface area (Å²) in [6.07, 6.45) is 4.60. The third-order valence-corrected chi connectivity index (χ3v) is 1.00. The summed E-state index contributed by atoms with van der Waals surface area (Å²) in [5.74, 6) is 0.491. The van der Waals surface area contributed by atoms with Gasteiger partial charge in [-0.25, -0.2) is 10.3 Å². The molecule has 1 aliphatic rings. The molecule has 2 heterocycles. The van der Waals surface area contributed by atoms with E-state index in [4.69, 9.17) is 0 Å². The summed E-state index contributed by atoms with van der Waals surface area (Å²) in [6.45, 7) is 0. The van der Waals surface area contributed by atoms with Gasteiger partial charge in [0.2, 0.25) is 0 Å². The van der Waals surface area contributed by atoms with Crippen LogP contribution in [0, 0.1) is 0 Å². The van der Waals surface area contributed by atoms with Crippen LogP contribution < -0.4 is 5.32 Å². The second-order valence-corrected chi connectivity index (χ2v) is 1.61. The Hall–Kier alpha value is -1.72. The molecule has 1 aromatic rings. The van der Waals surface area contributed by atoms with Crippen molar-refractivity contribution in [3.63, 3.8) is 0 Å². The lowest BCUT2D eigenvalue weighted by Crippen LogP contribution is -2.18. The van der Waals surface area contributed by atoms with Crippen LogP contribution in [0.5, 0.6) is 0 Å². The predicted octanol–water partition coefficient (Wildman–Crippen LogP) is -1.03. The highest BCUT2D eigenvalue weighted by Crippen LogP contribution is 1.89. The summed E-state index contributed by atoms with van der Waals surface area (Å²) < 4.78 is 1.39. The fourth-order valence-electron chi connectivity index (χ4n) is 0.605. The van der Waals surface area contributed by atoms with Crippen LogP contribution in [0.25, 0.3) is 0 Å². The minimum absolute atomic E-state index is 0.491. The van der Waals surface area contributed by atoms with Gasteiger partial charge in [0.15, 0.2) is 0 Å². The predicted molar refractivity (Wildman–Crippen MR) is 31.9 cm³/mol. The summed E-state index contributed by atoms with van der Waals surface area (Å²) in [5.41, 5.74) is 0. The number of hydrogen-bond donors (Lipinski definition) is 0. The van der Waals surface area contributed by atoms with E-state index in [0.29, 0.717) is 5.96 Å². The molecular weight excluding hydrogens is 132 g/mol. The van der Waals surface area contributed by atoms with E-state index in [1.807, 2.05) is 0 Å². The SMILES string of the molecule is C1=CN=C(n2cnnn2)[N]1. The fraction of sp³-hybridized carbons (Fsp3) is 0. The lowest BCUT2D eigenvalue weighted by atomic mass is 10.9. The van der Waals surface area contributed by atoms with E-state index in [9.17, 15) is 0 Å². The Morgan fingerprint density at radius 1 is 1.30 bits per heavy atom. The zero-order valence-electron chi connectivity index (χ0n) is 4.92. The van der Waals surface area contributed by atoms with E-state index in [0.717, 1.165) is 0 Å². The van der Waals surface area contributed by atoms with E-state index in [-0.39, 0.29) is 0 Å². The first-order valence-electron chi connectivity index (χ1n) is 2.64. The van der Waals surface area contributed by atoms with E-state index in [2.05, 4.69) is 25.8 Å². The quantitative estimate of drug-likeness (QED) is 0.456. The smallest absolute Gasteiger partial charge is 0.218 e. The zero-order valence-corrected chi connectivity index (χ0v) is 4.92. The third-order valence-electron chi connectivity index (χ3n) is 1.00. The highest BCUT2D eigenvalue weighted by molar-refractivity contribution is 5.83. The van der Waals surface area contributed by atoms with Gasteiger partial charge in [-0.05, 0) is 10.4 Å². The Morgan fingerprint density at radius 2 is 2.30 bits per heavy atom. The highest BCUT2D eigenvalue weighted by Gasteiger charge is 2.04. The molecule has 0 fully saturated rings. The molecule has 0 amide bonds. The van der Waals surface area contributed by atoms with Gasteiger partial charge < -0.3 is 0 Å². The van der Waals surface area contributed by atoms with Crippen LogP contribution in [0.2, 0.25) is 0 Å². The molecule has 0 aliphatic carbocycles. The van der Waals surface area contributed by atoms with Gasteiger partial charge in [-0.15, -0.1) is 5.10 Å². The maximum Gasteiger partial charge on any atom is 0.253 e. The van der Waals surface area contributed by atoms with Gasteiger partial charge in [0.05, 0.1) is 0 Å². The maximum atomic E-state index is 3.87. The van der Waals surface area contributed by atoms with Crippen LogP contribution in [0.1, 0.15) is 0 Å². The van der Waals surface area contributed by atoms with Crippen molar-refractivity contribution in [2.75, 3.05) is 0 Å². The molecule has 0 spiro atoms. The molecule has 2 rings (SSSR count). The van der Waals surface area contributed by atoms with Crippen molar-refractivity contribution in [3.05, 3.63) is 18.7 Å². The van der Waals surface area contributed by atoms with Crippen molar-refractivity contribution in [2.45, 2.75) is 0 Å². The van der Waals surface area contributed by atoms with Crippen molar-refractivity contribution in [3.8, 4) is 0 Å². The maximum absolute atomic E-state index is 3.87. The van der Waals surface area contributed by atoms with Gasteiger partial charge in [-0.1, -0.05) is 0 Å². The molecule has 1 radical (unpaired) electrons. The monoisotopic (exact) mass is 135 g/mol. The summed E-state index contributed by atoms with van der Waals surface area (Å²) in [4.78, 5) is 3.87. The van der Waals surface area contributed by atoms with Crippen molar-refractivity contribution in [1.82, 2.24) is 25.5 Å². The third kappa shape index (κ3) is 0.661. The molecule has 0 N–H and O–H groups in total. The van der Waals surface area contributed by atoms with Gasteiger partial charge >= 0.3 is 0 Å². The number of aliphatic imine (C=N–C) groups is 1. The fourth-order valence-corrected chi connectivity index (χ4v) is 0.605. The second kappa shape index (κ2) is 1.90. The number of hydrogen-bond acceptors (Lipinski definition) is 4. The van der Waals surface area contributed by atoms with Gasteiger partial charge in [0.25, 0.3) is 5.96 Å². The number of aromatic nitrogens is 4. The van der Waals surface area contributed by atoms with Crippen molar-refractivity contribution < 1.29 is 0 Å². The van der Waals surface area contributed by atoms with E-state index < -0.39 is 0 Å². The largest absolute Gasteiger partial charge is 0.253 e. The average molecular weight is 135 g/mol. The molecular formula is C4H3N6. The van der Waals surface area contributed by atoms with Gasteiger partial charge in [-0.3, -0.25) is 0 Å². The number of rotatable bonds is 0. The Labute approximate surface area is 56.3 Å². The molecule has 0 saturated heterocycles. The van der Waals surface area contributed by atoms with Crippen LogP contribution in [-0.2, 0) is 0 Å². The Kier molecular flexibility index (Phi) is 0.970. The standard InChI is InChI=1S/C4H3N6/c1-2-6-4(5-1)10-3-7-8-9-10/h1-3H. The minimum atomic E-state index is 0.491. The molecule has 49 valence electrons. The van der Waals surface area contributed by atoms with Crippen LogP contribution in [0.15, 0.2) is 23.7 Å². The summed E-state index contributed by atoms with van der Waals surface area (Å²) in [5, 5.41) is 14.3. The van der Waals surface area contributed by atoms with E-state index in [1.54, 1.807) is 12.4 Å². The number of tetrazole rings is 1. The first-order valence-corrected chi connectivity index (χ1v) is 2.64. The van der Waals surface area contributed by atoms with Crippen LogP contribution in [0.3, 0.4) is 0 Å². The average Bonchev–Trinajstić information content (AvgIpc) is 2.59. The van der Waals surface area contributed by atoms with Crippen LogP contribution in [-0.4, -0.2) is 26.2 Å². The molecule has 6 nitrogen and oxygen atoms in total. The van der Waals surface area contributed by atoms with E-state index in [1.165, 1.54) is 11.0 Å². The van der Waals surface area contributed by atoms with Crippen molar-refractivity contribution >= 4 is 5.96 Å². The van der Waals surface area contributed by atoms with Gasteiger partial charge in [0, 0.05) is 12.4 Å². The van der Waals surface area contributed by atoms with E-state index >= 15 is 0 Å². The Morgan fingerprint density at radius 3 is 2.90 bits per heavy atom. The van der Waals surface area contributed by atoms with Crippen molar-refractivity contribution in [1.29, 1.82) is 0 Å². The molecule has 0 aromatic carbocycles. The minimum Gasteiger partial charge on any atom is -0.218 e. The summed E-state index contributed by atoms with van der Waals surface area (Å²) in [6, 6.07) is 0. The molecule has 1 aliphatic heterocycles. The van der Waals surface area contributed by atoms with Crippen LogP contribution in [0.4, 0.5) is 0 Å². The first kappa shape index (κ1) is 5.10. The molecule has 0 saturated carbocycles. The second-order valence-electron chi connectivity index (χ2n) is 1.61.